The van der Waals surface area contributed by atoms with E-state index in [0.717, 1.165) is 34.2 Å². The quantitative estimate of drug-likeness (QED) is 0.528. The van der Waals surface area contributed by atoms with Crippen molar-refractivity contribution in [1.82, 2.24) is 14.5 Å². The molecule has 0 unspecified atom stereocenters. The highest BCUT2D eigenvalue weighted by molar-refractivity contribution is 5.85. The first-order valence-corrected chi connectivity index (χ1v) is 9.35. The van der Waals surface area contributed by atoms with E-state index >= 15 is 0 Å². The Morgan fingerprint density at radius 1 is 1.04 bits per heavy atom. The second kappa shape index (κ2) is 7.35. The Kier molecular flexibility index (Phi) is 4.74. The van der Waals surface area contributed by atoms with Crippen molar-refractivity contribution in [3.05, 3.63) is 72.2 Å². The topological polar surface area (TPSA) is 52.0 Å². The largest absolute Gasteiger partial charge is 0.497 e. The van der Waals surface area contributed by atoms with E-state index < -0.39 is 0 Å². The van der Waals surface area contributed by atoms with Crippen LogP contribution in [0.4, 0.5) is 5.82 Å². The van der Waals surface area contributed by atoms with Gasteiger partial charge in [-0.3, -0.25) is 0 Å². The number of benzene rings is 2. The van der Waals surface area contributed by atoms with Crippen molar-refractivity contribution in [2.45, 2.75) is 19.9 Å². The van der Waals surface area contributed by atoms with E-state index in [1.54, 1.807) is 7.11 Å². The molecule has 0 aliphatic heterocycles. The fourth-order valence-electron chi connectivity index (χ4n) is 3.43. The number of aryl methyl sites for hydroxylation is 2. The molecular weight excluding hydrogens is 348 g/mol. The molecule has 142 valence electrons. The Bertz CT molecular complexity index is 1130. The van der Waals surface area contributed by atoms with Crippen LogP contribution in [0.1, 0.15) is 24.4 Å². The Morgan fingerprint density at radius 3 is 2.71 bits per heavy atom. The van der Waals surface area contributed by atoms with E-state index in [9.17, 15) is 0 Å². The Hall–Kier alpha value is -3.34. The fraction of sp³-hybridized carbons (Fsp3) is 0.217. The molecule has 2 aromatic carbocycles. The molecule has 0 aliphatic carbocycles. The number of hydrogen-bond acceptors (Lipinski definition) is 4. The maximum Gasteiger partial charge on any atom is 0.130 e. The lowest BCUT2D eigenvalue weighted by Gasteiger charge is -2.17. The molecule has 0 saturated heterocycles. The zero-order valence-corrected chi connectivity index (χ0v) is 16.6. The van der Waals surface area contributed by atoms with Crippen molar-refractivity contribution in [2.24, 2.45) is 7.05 Å². The van der Waals surface area contributed by atoms with Gasteiger partial charge in [0.15, 0.2) is 0 Å². The first-order chi connectivity index (χ1) is 13.5. The second-order valence-corrected chi connectivity index (χ2v) is 7.03. The number of anilines is 1. The minimum absolute atomic E-state index is 0.0904. The molecule has 2 heterocycles. The Labute approximate surface area is 165 Å². The third-order valence-corrected chi connectivity index (χ3v) is 4.98. The first kappa shape index (κ1) is 18.0. The van der Waals surface area contributed by atoms with Crippen LogP contribution in [-0.4, -0.2) is 21.6 Å². The molecule has 0 amide bonds. The third-order valence-electron chi connectivity index (χ3n) is 4.98. The molecule has 1 atom stereocenters. The van der Waals surface area contributed by atoms with Gasteiger partial charge in [-0.05, 0) is 49.1 Å². The van der Waals surface area contributed by atoms with Gasteiger partial charge in [0.05, 0.1) is 18.8 Å². The van der Waals surface area contributed by atoms with E-state index in [-0.39, 0.29) is 6.04 Å². The van der Waals surface area contributed by atoms with Crippen LogP contribution in [0.5, 0.6) is 5.75 Å². The number of ether oxygens (including phenoxy) is 1. The normalized spacial score (nSPS) is 12.1. The molecule has 0 aliphatic rings. The molecule has 1 N–H and O–H groups in total. The number of nitrogens with zero attached hydrogens (tertiary/aromatic N) is 3. The average Bonchev–Trinajstić information content (AvgIpc) is 3.08. The van der Waals surface area contributed by atoms with Crippen molar-refractivity contribution < 1.29 is 4.74 Å². The first-order valence-electron chi connectivity index (χ1n) is 9.35. The van der Waals surface area contributed by atoms with E-state index in [0.29, 0.717) is 0 Å². The van der Waals surface area contributed by atoms with E-state index in [1.807, 2.05) is 31.2 Å². The van der Waals surface area contributed by atoms with Gasteiger partial charge >= 0.3 is 0 Å². The summed E-state index contributed by atoms with van der Waals surface area (Å²) in [5, 5.41) is 4.72. The predicted molar refractivity (Wildman–Crippen MR) is 114 cm³/mol. The molecule has 0 saturated carbocycles. The van der Waals surface area contributed by atoms with Crippen molar-refractivity contribution in [3.63, 3.8) is 0 Å². The summed E-state index contributed by atoms with van der Waals surface area (Å²) in [7, 11) is 3.74. The standard InChI is InChI=1S/C23H24N4O/c1-15(18-6-5-7-20(12-18)28-4)24-23-14-21(25-16(2)26-23)19-9-8-17-10-11-27(3)22(17)13-19/h5-15H,1-4H3,(H,24,25,26)/t15-/m0/s1. The molecular formula is C23H24N4O. The second-order valence-electron chi connectivity index (χ2n) is 7.03. The van der Waals surface area contributed by atoms with Crippen molar-refractivity contribution in [2.75, 3.05) is 12.4 Å². The van der Waals surface area contributed by atoms with Crippen LogP contribution in [0.2, 0.25) is 0 Å². The van der Waals surface area contributed by atoms with Crippen LogP contribution >= 0.6 is 0 Å². The summed E-state index contributed by atoms with van der Waals surface area (Å²) in [5.74, 6) is 2.40. The predicted octanol–water partition coefficient (Wildman–Crippen LogP) is 5.13. The van der Waals surface area contributed by atoms with E-state index in [1.165, 1.54) is 10.9 Å². The summed E-state index contributed by atoms with van der Waals surface area (Å²) in [6.45, 7) is 4.04. The highest BCUT2D eigenvalue weighted by atomic mass is 16.5. The molecule has 4 rings (SSSR count). The van der Waals surface area contributed by atoms with Crippen LogP contribution in [0.3, 0.4) is 0 Å². The highest BCUT2D eigenvalue weighted by Crippen LogP contribution is 2.27. The molecule has 5 nitrogen and oxygen atoms in total. The molecule has 4 aromatic rings. The Balaban J connectivity index is 1.65. The smallest absolute Gasteiger partial charge is 0.130 e. The van der Waals surface area contributed by atoms with Gasteiger partial charge in [-0.1, -0.05) is 24.3 Å². The van der Waals surface area contributed by atoms with Gasteiger partial charge in [0, 0.05) is 30.4 Å². The molecule has 5 heteroatoms. The van der Waals surface area contributed by atoms with Gasteiger partial charge in [-0.15, -0.1) is 0 Å². The summed E-state index contributed by atoms with van der Waals surface area (Å²) >= 11 is 0. The maximum atomic E-state index is 5.33. The lowest BCUT2D eigenvalue weighted by molar-refractivity contribution is 0.414. The molecule has 0 fully saturated rings. The van der Waals surface area contributed by atoms with Crippen LogP contribution < -0.4 is 10.1 Å². The SMILES string of the molecule is COc1cccc([C@H](C)Nc2cc(-c3ccc4ccn(C)c4c3)nc(C)n2)c1. The number of nitrogens with one attached hydrogen (secondary N) is 1. The minimum atomic E-state index is 0.0904. The van der Waals surface area contributed by atoms with Crippen molar-refractivity contribution in [1.29, 1.82) is 0 Å². The summed E-state index contributed by atoms with van der Waals surface area (Å²) in [6, 6.07) is 18.7. The third kappa shape index (κ3) is 3.56. The zero-order valence-electron chi connectivity index (χ0n) is 16.6. The van der Waals surface area contributed by atoms with Crippen molar-refractivity contribution >= 4 is 16.7 Å². The minimum Gasteiger partial charge on any atom is -0.497 e. The number of fused-ring (bicyclic) bond motifs is 1. The monoisotopic (exact) mass is 372 g/mol. The van der Waals surface area contributed by atoms with E-state index in [4.69, 9.17) is 4.74 Å². The number of aromatic nitrogens is 3. The summed E-state index contributed by atoms with van der Waals surface area (Å²) in [4.78, 5) is 9.23. The average molecular weight is 372 g/mol. The highest BCUT2D eigenvalue weighted by Gasteiger charge is 2.11. The van der Waals surface area contributed by atoms with Gasteiger partial charge < -0.3 is 14.6 Å². The molecule has 0 radical (unpaired) electrons. The van der Waals surface area contributed by atoms with Gasteiger partial charge in [0.1, 0.15) is 17.4 Å². The van der Waals surface area contributed by atoms with Crippen LogP contribution in [-0.2, 0) is 7.05 Å². The lowest BCUT2D eigenvalue weighted by atomic mass is 10.1. The molecule has 2 aromatic heterocycles. The van der Waals surface area contributed by atoms with Gasteiger partial charge in [-0.2, -0.15) is 0 Å². The van der Waals surface area contributed by atoms with Gasteiger partial charge in [0.2, 0.25) is 0 Å². The summed E-state index contributed by atoms with van der Waals surface area (Å²) in [6.07, 6.45) is 2.07. The lowest BCUT2D eigenvalue weighted by Crippen LogP contribution is -2.09. The number of hydrogen-bond donors (Lipinski definition) is 1. The fourth-order valence-corrected chi connectivity index (χ4v) is 3.43. The zero-order chi connectivity index (χ0) is 19.7. The molecule has 28 heavy (non-hydrogen) atoms. The number of methoxy groups -OCH3 is 1. The van der Waals surface area contributed by atoms with Crippen LogP contribution in [0.25, 0.3) is 22.2 Å². The van der Waals surface area contributed by atoms with Gasteiger partial charge in [0.25, 0.3) is 0 Å². The summed E-state index contributed by atoms with van der Waals surface area (Å²) < 4.78 is 7.46. The van der Waals surface area contributed by atoms with Crippen molar-refractivity contribution in [3.8, 4) is 17.0 Å². The molecule has 0 spiro atoms. The number of rotatable bonds is 5. The van der Waals surface area contributed by atoms with Crippen LogP contribution in [0, 0.1) is 6.92 Å². The molecule has 0 bridgehead atoms. The summed E-state index contributed by atoms with van der Waals surface area (Å²) in [5.41, 5.74) is 4.32. The van der Waals surface area contributed by atoms with E-state index in [2.05, 4.69) is 70.4 Å². The van der Waals surface area contributed by atoms with Crippen LogP contribution in [0.15, 0.2) is 60.8 Å². The van der Waals surface area contributed by atoms with Gasteiger partial charge in [-0.25, -0.2) is 9.97 Å². The maximum absolute atomic E-state index is 5.33. The Morgan fingerprint density at radius 2 is 1.89 bits per heavy atom.